The summed E-state index contributed by atoms with van der Waals surface area (Å²) in [7, 11) is -9.92. The maximum absolute atomic E-state index is 13.1. The van der Waals surface area contributed by atoms with Gasteiger partial charge in [0.1, 0.15) is 19.3 Å². The molecule has 0 bridgehead atoms. The van der Waals surface area contributed by atoms with Crippen molar-refractivity contribution in [2.24, 2.45) is 23.7 Å². The lowest BCUT2D eigenvalue weighted by molar-refractivity contribution is -0.161. The molecule has 0 aliphatic rings. The maximum Gasteiger partial charge on any atom is 0.472 e. The van der Waals surface area contributed by atoms with Crippen molar-refractivity contribution in [2.75, 3.05) is 39.6 Å². The van der Waals surface area contributed by atoms with Gasteiger partial charge in [-0.3, -0.25) is 37.3 Å². The molecule has 0 aromatic rings. The van der Waals surface area contributed by atoms with Gasteiger partial charge in [0.15, 0.2) is 12.2 Å². The first-order chi connectivity index (χ1) is 47.1. The molecule has 0 saturated carbocycles. The van der Waals surface area contributed by atoms with Crippen LogP contribution in [0.1, 0.15) is 402 Å². The lowest BCUT2D eigenvalue weighted by Crippen LogP contribution is -2.30. The standard InChI is InChI=1S/C79H154O17P2/c1-9-72(8)58-50-42-33-27-21-14-10-11-15-23-29-35-45-53-61-79(84)96-75(66-90-77(82)60-52-44-38-37-41-49-57-71(6)7)68-94-98(87,88)92-64-73(80)63-91-97(85,86)93-67-74(65-89-76(81)59-51-43-34-28-22-18-17-20-26-32-40-48-56-70(4)5)95-78(83)62-54-46-36-30-24-16-12-13-19-25-31-39-47-55-69(2)3/h69-75,80H,9-68H2,1-8H3,(H,85,86)(H,87,88)/t72?,73-,74-,75-/m1/s1. The third-order valence-corrected chi connectivity index (χ3v) is 20.6. The highest BCUT2D eigenvalue weighted by Gasteiger charge is 2.30. The lowest BCUT2D eigenvalue weighted by Gasteiger charge is -2.21. The Morgan fingerprint density at radius 1 is 0.286 bits per heavy atom. The zero-order valence-electron chi connectivity index (χ0n) is 64.4. The van der Waals surface area contributed by atoms with Gasteiger partial charge < -0.3 is 33.8 Å². The van der Waals surface area contributed by atoms with E-state index in [-0.39, 0.29) is 25.7 Å². The Kier molecular flexibility index (Phi) is 66.8. The van der Waals surface area contributed by atoms with Crippen LogP contribution in [0.5, 0.6) is 0 Å². The number of rotatable bonds is 76. The van der Waals surface area contributed by atoms with Gasteiger partial charge in [-0.1, -0.05) is 351 Å². The molecule has 0 aliphatic carbocycles. The summed E-state index contributed by atoms with van der Waals surface area (Å²) in [5.41, 5.74) is 0. The highest BCUT2D eigenvalue weighted by atomic mass is 31.2. The molecular weight excluding hydrogens is 1280 g/mol. The van der Waals surface area contributed by atoms with E-state index in [0.29, 0.717) is 31.6 Å². The number of esters is 4. The summed E-state index contributed by atoms with van der Waals surface area (Å²) in [6, 6.07) is 0. The fourth-order valence-corrected chi connectivity index (χ4v) is 13.6. The molecular formula is C79H154O17P2. The first-order valence-electron chi connectivity index (χ1n) is 40.7. The van der Waals surface area contributed by atoms with Crippen LogP contribution in [-0.4, -0.2) is 96.7 Å². The van der Waals surface area contributed by atoms with Gasteiger partial charge in [0.2, 0.25) is 0 Å². The minimum Gasteiger partial charge on any atom is -0.462 e. The summed E-state index contributed by atoms with van der Waals surface area (Å²) in [6.45, 7) is 14.2. The van der Waals surface area contributed by atoms with E-state index in [4.69, 9.17) is 37.0 Å². The number of unbranched alkanes of at least 4 members (excludes halogenated alkanes) is 41. The van der Waals surface area contributed by atoms with E-state index < -0.39 is 97.5 Å². The number of phosphoric acid groups is 2. The van der Waals surface area contributed by atoms with Gasteiger partial charge in [-0.15, -0.1) is 0 Å². The molecule has 0 amide bonds. The second-order valence-electron chi connectivity index (χ2n) is 30.1. The third kappa shape index (κ3) is 71.1. The van der Waals surface area contributed by atoms with Crippen LogP contribution >= 0.6 is 15.6 Å². The highest BCUT2D eigenvalue weighted by molar-refractivity contribution is 7.47. The van der Waals surface area contributed by atoms with Crippen molar-refractivity contribution in [1.82, 2.24) is 0 Å². The van der Waals surface area contributed by atoms with Crippen molar-refractivity contribution in [3.8, 4) is 0 Å². The highest BCUT2D eigenvalue weighted by Crippen LogP contribution is 2.45. The smallest absolute Gasteiger partial charge is 0.462 e. The topological polar surface area (TPSA) is 237 Å². The Balaban J connectivity index is 5.23. The minimum atomic E-state index is -4.96. The minimum absolute atomic E-state index is 0.106. The van der Waals surface area contributed by atoms with E-state index in [1.165, 1.54) is 199 Å². The average Bonchev–Trinajstić information content (AvgIpc) is 1.24. The van der Waals surface area contributed by atoms with Gasteiger partial charge in [0.25, 0.3) is 0 Å². The molecule has 0 aromatic heterocycles. The number of hydrogen-bond donors (Lipinski definition) is 3. The first-order valence-corrected chi connectivity index (χ1v) is 43.7. The SMILES string of the molecule is CCC(C)CCCCCCCCCCCCCCCCC(=O)O[C@H](COC(=O)CCCCCCCCC(C)C)COP(=O)(O)OC[C@H](O)COP(=O)(O)OC[C@@H](COC(=O)CCCCCCCCCCCCCCC(C)C)OC(=O)CCCCCCCCCCCCCCCC(C)C. The molecule has 0 radical (unpaired) electrons. The zero-order chi connectivity index (χ0) is 72.4. The summed E-state index contributed by atoms with van der Waals surface area (Å²) < 4.78 is 68.6. The second-order valence-corrected chi connectivity index (χ2v) is 33.0. The molecule has 3 unspecified atom stereocenters. The molecule has 0 rings (SSSR count). The number of aliphatic hydroxyl groups excluding tert-OH is 1. The fourth-order valence-electron chi connectivity index (χ4n) is 12.0. The Bertz CT molecular complexity index is 1920. The molecule has 17 nitrogen and oxygen atoms in total. The fraction of sp³-hybridized carbons (Fsp3) is 0.949. The predicted octanol–water partition coefficient (Wildman–Crippen LogP) is 23.2. The van der Waals surface area contributed by atoms with E-state index in [0.717, 1.165) is 114 Å². The summed E-state index contributed by atoms with van der Waals surface area (Å²) in [4.78, 5) is 72.9. The second kappa shape index (κ2) is 68.2. The number of aliphatic hydroxyl groups is 1. The van der Waals surface area contributed by atoms with Crippen LogP contribution in [0.2, 0.25) is 0 Å². The van der Waals surface area contributed by atoms with Crippen molar-refractivity contribution < 1.29 is 80.2 Å². The van der Waals surface area contributed by atoms with Gasteiger partial charge in [-0.05, 0) is 49.4 Å². The van der Waals surface area contributed by atoms with E-state index in [9.17, 15) is 43.2 Å². The summed E-state index contributed by atoms with van der Waals surface area (Å²) in [6.07, 6.45) is 54.1. The quantitative estimate of drug-likeness (QED) is 0.0222. The van der Waals surface area contributed by atoms with Crippen molar-refractivity contribution in [2.45, 2.75) is 420 Å². The van der Waals surface area contributed by atoms with Crippen LogP contribution < -0.4 is 0 Å². The van der Waals surface area contributed by atoms with Crippen molar-refractivity contribution in [3.63, 3.8) is 0 Å². The Labute approximate surface area is 600 Å². The molecule has 0 aliphatic heterocycles. The molecule has 582 valence electrons. The number of hydrogen-bond acceptors (Lipinski definition) is 15. The molecule has 19 heteroatoms. The van der Waals surface area contributed by atoms with E-state index >= 15 is 0 Å². The molecule has 0 aromatic carbocycles. The average molecular weight is 1440 g/mol. The summed E-state index contributed by atoms with van der Waals surface area (Å²) in [5, 5.41) is 10.6. The van der Waals surface area contributed by atoms with Crippen LogP contribution in [0.3, 0.4) is 0 Å². The van der Waals surface area contributed by atoms with Gasteiger partial charge in [-0.25, -0.2) is 9.13 Å². The summed E-state index contributed by atoms with van der Waals surface area (Å²) >= 11 is 0. The van der Waals surface area contributed by atoms with Crippen LogP contribution in [0, 0.1) is 23.7 Å². The monoisotopic (exact) mass is 1440 g/mol. The Morgan fingerprint density at radius 3 is 0.724 bits per heavy atom. The summed E-state index contributed by atoms with van der Waals surface area (Å²) in [5.74, 6) is 0.976. The van der Waals surface area contributed by atoms with Crippen LogP contribution in [0.4, 0.5) is 0 Å². The van der Waals surface area contributed by atoms with E-state index in [2.05, 4.69) is 55.4 Å². The van der Waals surface area contributed by atoms with Gasteiger partial charge >= 0.3 is 39.5 Å². The van der Waals surface area contributed by atoms with Crippen LogP contribution in [-0.2, 0) is 65.4 Å². The molecule has 0 fully saturated rings. The van der Waals surface area contributed by atoms with Crippen molar-refractivity contribution >= 4 is 39.5 Å². The zero-order valence-corrected chi connectivity index (χ0v) is 66.2. The Morgan fingerprint density at radius 2 is 0.490 bits per heavy atom. The Hall–Kier alpha value is -1.94. The maximum atomic E-state index is 13.1. The molecule has 6 atom stereocenters. The van der Waals surface area contributed by atoms with Crippen LogP contribution in [0.25, 0.3) is 0 Å². The molecule has 0 heterocycles. The molecule has 0 spiro atoms. The number of carbonyl (C=O) groups is 4. The van der Waals surface area contributed by atoms with Crippen molar-refractivity contribution in [1.29, 1.82) is 0 Å². The lowest BCUT2D eigenvalue weighted by atomic mass is 9.99. The van der Waals surface area contributed by atoms with Gasteiger partial charge in [0, 0.05) is 25.7 Å². The van der Waals surface area contributed by atoms with E-state index in [1.54, 1.807) is 0 Å². The molecule has 3 N–H and O–H groups in total. The molecule has 0 saturated heterocycles. The third-order valence-electron chi connectivity index (χ3n) is 18.7. The molecule has 98 heavy (non-hydrogen) atoms. The van der Waals surface area contributed by atoms with Gasteiger partial charge in [0.05, 0.1) is 26.4 Å². The van der Waals surface area contributed by atoms with Crippen LogP contribution in [0.15, 0.2) is 0 Å². The largest absolute Gasteiger partial charge is 0.472 e. The number of ether oxygens (including phenoxy) is 4. The van der Waals surface area contributed by atoms with Gasteiger partial charge in [-0.2, -0.15) is 0 Å². The van der Waals surface area contributed by atoms with Crippen molar-refractivity contribution in [3.05, 3.63) is 0 Å². The predicted molar refractivity (Wildman–Crippen MR) is 400 cm³/mol. The first kappa shape index (κ1) is 96.1. The number of carbonyl (C=O) groups excluding carboxylic acids is 4. The van der Waals surface area contributed by atoms with E-state index in [1.807, 2.05) is 0 Å². The normalized spacial score (nSPS) is 14.3. The number of phosphoric ester groups is 2.